The number of carbonyl (C=O) groups is 1. The highest BCUT2D eigenvalue weighted by molar-refractivity contribution is 5.87. The summed E-state index contributed by atoms with van der Waals surface area (Å²) in [6, 6.07) is 14.2. The summed E-state index contributed by atoms with van der Waals surface area (Å²) in [4.78, 5) is 12.3. The van der Waals surface area contributed by atoms with Crippen LogP contribution in [0.2, 0.25) is 0 Å². The lowest BCUT2D eigenvalue weighted by Gasteiger charge is -2.17. The Morgan fingerprint density at radius 1 is 0.931 bits per heavy atom. The van der Waals surface area contributed by atoms with Crippen LogP contribution in [0, 0.1) is 0 Å². The van der Waals surface area contributed by atoms with Crippen LogP contribution in [-0.4, -0.2) is 16.2 Å². The van der Waals surface area contributed by atoms with Crippen LogP contribution in [0.3, 0.4) is 0 Å². The van der Waals surface area contributed by atoms with Crippen LogP contribution in [0.5, 0.6) is 11.5 Å². The maximum atomic E-state index is 12.3. The molecule has 2 aromatic carbocycles. The van der Waals surface area contributed by atoms with E-state index in [-0.39, 0.29) is 17.6 Å². The summed E-state index contributed by atoms with van der Waals surface area (Å²) < 4.78 is 5.72. The molecule has 0 aliphatic carbocycles. The van der Waals surface area contributed by atoms with E-state index >= 15 is 0 Å². The quantitative estimate of drug-likeness (QED) is 0.185. The van der Waals surface area contributed by atoms with E-state index in [0.29, 0.717) is 5.56 Å². The average molecular weight is 397 g/mol. The summed E-state index contributed by atoms with van der Waals surface area (Å²) in [5.74, 6) is -0.834. The number of hydrogen-bond donors (Lipinski definition) is 2. The molecular formula is C25H32O4. The van der Waals surface area contributed by atoms with E-state index in [0.717, 1.165) is 24.8 Å². The fraction of sp³-hybridized carbons (Fsp3) is 0.400. The van der Waals surface area contributed by atoms with E-state index in [4.69, 9.17) is 4.74 Å². The van der Waals surface area contributed by atoms with Gasteiger partial charge in [-0.2, -0.15) is 0 Å². The molecule has 2 N–H and O–H groups in total. The molecule has 0 spiro atoms. The highest BCUT2D eigenvalue weighted by atomic mass is 16.5. The average Bonchev–Trinajstić information content (AvgIpc) is 2.73. The summed E-state index contributed by atoms with van der Waals surface area (Å²) in [6.45, 7) is 2.22. The normalized spacial score (nSPS) is 12.2. The van der Waals surface area contributed by atoms with Crippen molar-refractivity contribution in [3.63, 3.8) is 0 Å². The van der Waals surface area contributed by atoms with E-state index in [1.54, 1.807) is 12.1 Å². The van der Waals surface area contributed by atoms with Crippen LogP contribution in [0.25, 0.3) is 6.08 Å². The highest BCUT2D eigenvalue weighted by Gasteiger charge is 2.15. The molecule has 0 bridgehead atoms. The fourth-order valence-electron chi connectivity index (χ4n) is 3.24. The van der Waals surface area contributed by atoms with Crippen molar-refractivity contribution in [3.8, 4) is 11.5 Å². The number of unbranched alkanes of at least 4 members (excludes halogenated alkanes) is 6. The van der Waals surface area contributed by atoms with Crippen LogP contribution < -0.4 is 0 Å². The molecule has 0 aromatic heterocycles. The zero-order valence-corrected chi connectivity index (χ0v) is 17.2. The largest absolute Gasteiger partial charge is 0.504 e. The summed E-state index contributed by atoms with van der Waals surface area (Å²) in [7, 11) is 0. The minimum atomic E-state index is -0.422. The van der Waals surface area contributed by atoms with Gasteiger partial charge in [0.15, 0.2) is 11.5 Å². The van der Waals surface area contributed by atoms with Gasteiger partial charge in [0.25, 0.3) is 0 Å². The monoisotopic (exact) mass is 396 g/mol. The minimum Gasteiger partial charge on any atom is -0.504 e. The Hall–Kier alpha value is -2.75. The summed E-state index contributed by atoms with van der Waals surface area (Å²) in [5, 5.41) is 18.9. The summed E-state index contributed by atoms with van der Waals surface area (Å²) >= 11 is 0. The second-order valence-corrected chi connectivity index (χ2v) is 7.33. The van der Waals surface area contributed by atoms with Crippen molar-refractivity contribution in [1.29, 1.82) is 0 Å². The Kier molecular flexibility index (Phi) is 9.84. The predicted octanol–water partition coefficient (Wildman–Crippen LogP) is 6.54. The Morgan fingerprint density at radius 3 is 2.31 bits per heavy atom. The van der Waals surface area contributed by atoms with Crippen molar-refractivity contribution in [2.24, 2.45) is 0 Å². The Bertz CT molecular complexity index is 768. The third kappa shape index (κ3) is 8.43. The van der Waals surface area contributed by atoms with Gasteiger partial charge in [-0.1, -0.05) is 81.8 Å². The summed E-state index contributed by atoms with van der Waals surface area (Å²) in [6.07, 6.45) is 12.0. The number of hydrogen-bond acceptors (Lipinski definition) is 4. The third-order valence-corrected chi connectivity index (χ3v) is 4.91. The number of esters is 1. The third-order valence-electron chi connectivity index (χ3n) is 4.91. The molecule has 0 amide bonds. The molecule has 4 nitrogen and oxygen atoms in total. The Labute approximate surface area is 173 Å². The molecule has 0 aliphatic heterocycles. The zero-order chi connectivity index (χ0) is 20.9. The SMILES string of the molecule is CCCCCCCCCC(OC(=O)C=Cc1ccc(O)c(O)c1)c1ccccc1. The van der Waals surface area contributed by atoms with Gasteiger partial charge >= 0.3 is 5.97 Å². The maximum Gasteiger partial charge on any atom is 0.331 e. The standard InChI is InChI=1S/C25H32O4/c1-2-3-4-5-6-7-11-14-24(21-12-9-8-10-13-21)29-25(28)18-16-20-15-17-22(26)23(27)19-20/h8-10,12-13,15-19,24,26-27H,2-7,11,14H2,1H3. The number of phenolic OH excluding ortho intramolecular Hbond substituents is 2. The highest BCUT2D eigenvalue weighted by Crippen LogP contribution is 2.26. The van der Waals surface area contributed by atoms with Gasteiger partial charge in [-0.15, -0.1) is 0 Å². The number of rotatable bonds is 12. The molecule has 0 heterocycles. The minimum absolute atomic E-state index is 0.191. The molecule has 29 heavy (non-hydrogen) atoms. The van der Waals surface area contributed by atoms with Gasteiger partial charge in [0.1, 0.15) is 6.10 Å². The Morgan fingerprint density at radius 2 is 1.62 bits per heavy atom. The molecule has 1 unspecified atom stereocenters. The van der Waals surface area contributed by atoms with Crippen molar-refractivity contribution in [3.05, 3.63) is 65.7 Å². The van der Waals surface area contributed by atoms with Crippen LogP contribution in [0.15, 0.2) is 54.6 Å². The fourth-order valence-corrected chi connectivity index (χ4v) is 3.24. The van der Waals surface area contributed by atoms with E-state index < -0.39 is 5.97 Å². The number of aromatic hydroxyl groups is 2. The van der Waals surface area contributed by atoms with Crippen LogP contribution in [0.4, 0.5) is 0 Å². The van der Waals surface area contributed by atoms with Gasteiger partial charge < -0.3 is 14.9 Å². The second kappa shape index (κ2) is 12.7. The molecule has 2 rings (SSSR count). The summed E-state index contributed by atoms with van der Waals surface area (Å²) in [5.41, 5.74) is 1.61. The van der Waals surface area contributed by atoms with E-state index in [1.807, 2.05) is 30.3 Å². The molecule has 0 saturated carbocycles. The van der Waals surface area contributed by atoms with Gasteiger partial charge in [0, 0.05) is 6.08 Å². The van der Waals surface area contributed by atoms with E-state index in [9.17, 15) is 15.0 Å². The molecule has 0 saturated heterocycles. The topological polar surface area (TPSA) is 66.8 Å². The predicted molar refractivity (Wildman–Crippen MR) is 117 cm³/mol. The lowest BCUT2D eigenvalue weighted by atomic mass is 10.0. The number of benzene rings is 2. The first kappa shape index (κ1) is 22.5. The molecule has 1 atom stereocenters. The van der Waals surface area contributed by atoms with E-state index in [2.05, 4.69) is 6.92 Å². The van der Waals surface area contributed by atoms with Crippen molar-refractivity contribution in [1.82, 2.24) is 0 Å². The van der Waals surface area contributed by atoms with Crippen LogP contribution >= 0.6 is 0 Å². The first-order valence-electron chi connectivity index (χ1n) is 10.6. The molecule has 2 aromatic rings. The van der Waals surface area contributed by atoms with Gasteiger partial charge in [-0.05, 0) is 42.2 Å². The van der Waals surface area contributed by atoms with Gasteiger partial charge in [-0.25, -0.2) is 4.79 Å². The number of phenols is 2. The maximum absolute atomic E-state index is 12.3. The second-order valence-electron chi connectivity index (χ2n) is 7.33. The molecule has 0 radical (unpaired) electrons. The van der Waals surface area contributed by atoms with Gasteiger partial charge in [0.05, 0.1) is 0 Å². The van der Waals surface area contributed by atoms with Crippen molar-refractivity contribution in [2.75, 3.05) is 0 Å². The number of ether oxygens (including phenoxy) is 1. The Balaban J connectivity index is 1.90. The first-order valence-corrected chi connectivity index (χ1v) is 10.6. The smallest absolute Gasteiger partial charge is 0.331 e. The van der Waals surface area contributed by atoms with Crippen molar-refractivity contribution >= 4 is 12.0 Å². The zero-order valence-electron chi connectivity index (χ0n) is 17.2. The van der Waals surface area contributed by atoms with Crippen molar-refractivity contribution in [2.45, 2.75) is 64.4 Å². The molecule has 0 aliphatic rings. The van der Waals surface area contributed by atoms with Gasteiger partial charge in [-0.3, -0.25) is 0 Å². The lowest BCUT2D eigenvalue weighted by molar-refractivity contribution is -0.143. The number of carbonyl (C=O) groups excluding carboxylic acids is 1. The molecular weight excluding hydrogens is 364 g/mol. The van der Waals surface area contributed by atoms with E-state index in [1.165, 1.54) is 50.3 Å². The lowest BCUT2D eigenvalue weighted by Crippen LogP contribution is -2.09. The van der Waals surface area contributed by atoms with Crippen LogP contribution in [0.1, 0.15) is 75.5 Å². The molecule has 4 heteroatoms. The van der Waals surface area contributed by atoms with Gasteiger partial charge in [0.2, 0.25) is 0 Å². The van der Waals surface area contributed by atoms with Crippen molar-refractivity contribution < 1.29 is 19.7 Å². The van der Waals surface area contributed by atoms with Crippen LogP contribution in [-0.2, 0) is 9.53 Å². The first-order chi connectivity index (χ1) is 14.1. The molecule has 0 fully saturated rings. The molecule has 156 valence electrons.